The third-order valence-corrected chi connectivity index (χ3v) is 5.95. The summed E-state index contributed by atoms with van der Waals surface area (Å²) >= 11 is 0. The molecule has 0 spiro atoms. The Labute approximate surface area is 221 Å². The zero-order valence-corrected chi connectivity index (χ0v) is 25.6. The van der Waals surface area contributed by atoms with Crippen molar-refractivity contribution in [2.24, 2.45) is 0 Å². The number of rotatable bonds is 22. The zero-order chi connectivity index (χ0) is 29.0. The maximum Gasteiger partial charge on any atom is 0.421 e. The van der Waals surface area contributed by atoms with Crippen LogP contribution in [0.2, 0.25) is 0 Å². The summed E-state index contributed by atoms with van der Waals surface area (Å²) in [5.41, 5.74) is -13.0. The average molecular weight is 656 g/mol. The van der Waals surface area contributed by atoms with E-state index in [0.29, 0.717) is 0 Å². The van der Waals surface area contributed by atoms with Gasteiger partial charge in [-0.25, -0.2) is 8.78 Å². The first-order valence-electron chi connectivity index (χ1n) is 9.90. The lowest BCUT2D eigenvalue weighted by Crippen LogP contribution is -2.56. The number of halogens is 7. The van der Waals surface area contributed by atoms with E-state index in [0.717, 1.165) is 27.7 Å². The fourth-order valence-corrected chi connectivity index (χ4v) is 3.46. The molecule has 0 rings (SSSR count). The second kappa shape index (κ2) is 16.7. The molecule has 0 amide bonds. The van der Waals surface area contributed by atoms with Crippen LogP contribution in [0.25, 0.3) is 0 Å². The molecule has 9 nitrogen and oxygen atoms in total. The number of alkyl halides is 7. The summed E-state index contributed by atoms with van der Waals surface area (Å²) < 4.78 is 141. The molecule has 0 bridgehead atoms. The Morgan fingerprint density at radius 3 is 1.41 bits per heavy atom. The minimum Gasteiger partial charge on any atom is -0.382 e. The Hall–Kier alpha value is 1.30. The molecule has 0 fully saturated rings. The van der Waals surface area contributed by atoms with Crippen LogP contribution in [0.3, 0.4) is 0 Å². The lowest BCUT2D eigenvalue weighted by Gasteiger charge is -2.41. The molecule has 0 saturated carbocycles. The molecule has 8 unspecified atom stereocenters. The van der Waals surface area contributed by atoms with Crippen LogP contribution in [0.15, 0.2) is 0 Å². The monoisotopic (exact) mass is 656 g/mol. The van der Waals surface area contributed by atoms with E-state index in [1.807, 2.05) is 18.5 Å². The van der Waals surface area contributed by atoms with Gasteiger partial charge in [-0.15, -0.1) is 0 Å². The first-order valence-corrected chi connectivity index (χ1v) is 12.8. The number of methoxy groups -OCH3 is 2. The second-order valence-corrected chi connectivity index (χ2v) is 11.9. The molecule has 0 aromatic rings. The van der Waals surface area contributed by atoms with Gasteiger partial charge in [-0.05, 0) is 0 Å². The predicted molar refractivity (Wildman–Crippen MR) is 133 cm³/mol. The SMILES string of the molecule is COCCOCOCC(F)(F)OC(F)(P)C(F)(P)OC(F)(F)C(F)(P)OC(P)(P)COCOCCOC. The molecule has 8 atom stereocenters. The highest BCUT2D eigenvalue weighted by molar-refractivity contribution is 7.39. The molecule has 0 aromatic carbocycles. The molecule has 21 heteroatoms. The van der Waals surface area contributed by atoms with Crippen molar-refractivity contribution in [3.8, 4) is 0 Å². The summed E-state index contributed by atoms with van der Waals surface area (Å²) in [6, 6.07) is 0. The first kappa shape index (κ1) is 38.3. The van der Waals surface area contributed by atoms with E-state index in [-0.39, 0.29) is 33.2 Å². The van der Waals surface area contributed by atoms with Crippen LogP contribution in [0.5, 0.6) is 0 Å². The largest absolute Gasteiger partial charge is 0.421 e. The molecule has 0 aliphatic carbocycles. The summed E-state index contributed by atoms with van der Waals surface area (Å²) in [5.74, 6) is 0. The second-order valence-electron chi connectivity index (χ2n) is 7.08. The minimum atomic E-state index is -5.29. The van der Waals surface area contributed by atoms with Gasteiger partial charge >= 0.3 is 17.8 Å². The van der Waals surface area contributed by atoms with Crippen molar-refractivity contribution in [2.75, 3.05) is 67.4 Å². The van der Waals surface area contributed by atoms with Crippen molar-refractivity contribution < 1.29 is 73.4 Å². The smallest absolute Gasteiger partial charge is 0.382 e. The van der Waals surface area contributed by atoms with E-state index in [9.17, 15) is 30.7 Å². The number of ether oxygens (including phenoxy) is 9. The van der Waals surface area contributed by atoms with E-state index >= 15 is 0 Å². The standard InChI is InChI=1S/C16H32F7O9P5/c1-24-3-5-26-9-28-7-11(17,18)30-15(22,36)16(23,37)32-13(19,20)14(21,35)31-12(33,34)8-29-10-27-6-4-25-2/h3-10,33-37H2,1-2H3. The van der Waals surface area contributed by atoms with Crippen molar-refractivity contribution in [1.29, 1.82) is 0 Å². The molecule has 224 valence electrons. The summed E-state index contributed by atoms with van der Waals surface area (Å²) in [5, 5.41) is -1.95. The molecular weight excluding hydrogens is 624 g/mol. The fourth-order valence-electron chi connectivity index (χ4n) is 1.89. The van der Waals surface area contributed by atoms with Crippen LogP contribution in [0.4, 0.5) is 30.7 Å². The lowest BCUT2D eigenvalue weighted by molar-refractivity contribution is -0.429. The Balaban J connectivity index is 5.09. The highest BCUT2D eigenvalue weighted by Crippen LogP contribution is 2.54. The molecule has 0 aromatic heterocycles. The van der Waals surface area contributed by atoms with E-state index in [4.69, 9.17) is 18.9 Å². The van der Waals surface area contributed by atoms with Crippen LogP contribution < -0.4 is 0 Å². The van der Waals surface area contributed by atoms with Gasteiger partial charge < -0.3 is 33.2 Å². The van der Waals surface area contributed by atoms with Crippen LogP contribution in [-0.2, 0) is 42.6 Å². The van der Waals surface area contributed by atoms with Gasteiger partial charge in [0.1, 0.15) is 25.3 Å². The van der Waals surface area contributed by atoms with Gasteiger partial charge in [0.2, 0.25) is 0 Å². The zero-order valence-electron chi connectivity index (χ0n) is 19.9. The lowest BCUT2D eigenvalue weighted by atomic mass is 10.5. The number of hydrogen-bond donors (Lipinski definition) is 0. The van der Waals surface area contributed by atoms with Crippen molar-refractivity contribution in [3.05, 3.63) is 0 Å². The summed E-state index contributed by atoms with van der Waals surface area (Å²) in [4.78, 5) is 0. The van der Waals surface area contributed by atoms with E-state index in [2.05, 4.69) is 23.7 Å². The maximum absolute atomic E-state index is 14.8. The van der Waals surface area contributed by atoms with Crippen molar-refractivity contribution in [3.63, 3.8) is 0 Å². The highest BCUT2D eigenvalue weighted by Gasteiger charge is 2.65. The van der Waals surface area contributed by atoms with E-state index in [1.165, 1.54) is 14.2 Å². The van der Waals surface area contributed by atoms with Gasteiger partial charge in [0.05, 0.1) is 33.0 Å². The highest BCUT2D eigenvalue weighted by atomic mass is 31.1. The molecule has 0 N–H and O–H groups in total. The fraction of sp³-hybridized carbons (Fsp3) is 1.00. The van der Waals surface area contributed by atoms with E-state index in [1.54, 1.807) is 0 Å². The topological polar surface area (TPSA) is 83.1 Å². The maximum atomic E-state index is 14.8. The van der Waals surface area contributed by atoms with Crippen molar-refractivity contribution in [1.82, 2.24) is 0 Å². The van der Waals surface area contributed by atoms with Crippen LogP contribution in [0, 0.1) is 0 Å². The van der Waals surface area contributed by atoms with Crippen molar-refractivity contribution in [2.45, 2.75) is 34.1 Å². The molecular formula is C16H32F7O9P5. The third kappa shape index (κ3) is 15.2. The molecule has 37 heavy (non-hydrogen) atoms. The van der Waals surface area contributed by atoms with Gasteiger partial charge in [-0.2, -0.15) is 22.0 Å². The van der Waals surface area contributed by atoms with Crippen LogP contribution >= 0.6 is 46.2 Å². The molecule has 0 saturated heterocycles. The van der Waals surface area contributed by atoms with Crippen LogP contribution in [-0.4, -0.2) is 102 Å². The Kier molecular flexibility index (Phi) is 17.3. The van der Waals surface area contributed by atoms with Crippen LogP contribution in [0.1, 0.15) is 0 Å². The normalized spacial score (nSPS) is 18.3. The van der Waals surface area contributed by atoms with Gasteiger partial charge in [0.25, 0.3) is 11.2 Å². The van der Waals surface area contributed by atoms with E-state index < -0.39 is 54.1 Å². The first-order chi connectivity index (χ1) is 16.7. The summed E-state index contributed by atoms with van der Waals surface area (Å²) in [6.07, 6.45) is -9.85. The Morgan fingerprint density at radius 2 is 0.946 bits per heavy atom. The van der Waals surface area contributed by atoms with Gasteiger partial charge in [-0.3, -0.25) is 9.47 Å². The molecule has 0 heterocycles. The Bertz CT molecular complexity index is 600. The van der Waals surface area contributed by atoms with Crippen molar-refractivity contribution >= 4 is 46.2 Å². The minimum absolute atomic E-state index is 0.0219. The van der Waals surface area contributed by atoms with Gasteiger partial charge in [0, 0.05) is 14.2 Å². The number of hydrogen-bond acceptors (Lipinski definition) is 9. The average Bonchev–Trinajstić information content (AvgIpc) is 2.70. The summed E-state index contributed by atoms with van der Waals surface area (Å²) in [7, 11) is 8.94. The Morgan fingerprint density at radius 1 is 0.514 bits per heavy atom. The predicted octanol–water partition coefficient (Wildman–Crippen LogP) is 3.40. The van der Waals surface area contributed by atoms with Gasteiger partial charge in [0.15, 0.2) is 0 Å². The quantitative estimate of drug-likeness (QED) is 0.0755. The molecule has 0 aliphatic heterocycles. The molecule has 0 aliphatic rings. The third-order valence-electron chi connectivity index (χ3n) is 3.57. The summed E-state index contributed by atoms with van der Waals surface area (Å²) in [6.45, 7) is -2.77. The van der Waals surface area contributed by atoms with Gasteiger partial charge in [-0.1, -0.05) is 46.2 Å². The molecule has 0 radical (unpaired) electrons.